The molecule has 0 saturated heterocycles. The van der Waals surface area contributed by atoms with Gasteiger partial charge < -0.3 is 4.90 Å². The van der Waals surface area contributed by atoms with Gasteiger partial charge in [0.25, 0.3) is 0 Å². The summed E-state index contributed by atoms with van der Waals surface area (Å²) in [5, 5.41) is 0. The highest BCUT2D eigenvalue weighted by Gasteiger charge is 2.33. The zero-order valence-electron chi connectivity index (χ0n) is 9.45. The van der Waals surface area contributed by atoms with Crippen LogP contribution in [0.5, 0.6) is 0 Å². The summed E-state index contributed by atoms with van der Waals surface area (Å²) in [6.07, 6.45) is -2.69. The molecular formula is C12H12F3NO. The lowest BCUT2D eigenvalue weighted by molar-refractivity contribution is -0.137. The predicted octanol–water partition coefficient (Wildman–Crippen LogP) is 2.81. The molecule has 2 nitrogen and oxygen atoms in total. The van der Waals surface area contributed by atoms with Gasteiger partial charge in [0, 0.05) is 25.9 Å². The molecule has 1 aromatic carbocycles. The van der Waals surface area contributed by atoms with Crippen molar-refractivity contribution in [1.29, 1.82) is 0 Å². The van der Waals surface area contributed by atoms with Crippen molar-refractivity contribution in [3.05, 3.63) is 41.6 Å². The number of aldehydes is 1. The van der Waals surface area contributed by atoms with E-state index in [0.717, 1.165) is 6.07 Å². The van der Waals surface area contributed by atoms with Gasteiger partial charge in [-0.05, 0) is 11.6 Å². The standard InChI is InChI=1S/C12H12F3NO/c1-16(2)7-9(8-17)10-5-3-4-6-11(10)12(13,14)15/h3-8H,1-2H3/b9-7-. The molecule has 92 valence electrons. The molecule has 0 fully saturated rings. The van der Waals surface area contributed by atoms with E-state index in [1.54, 1.807) is 14.1 Å². The molecule has 0 bridgehead atoms. The van der Waals surface area contributed by atoms with Crippen LogP contribution >= 0.6 is 0 Å². The summed E-state index contributed by atoms with van der Waals surface area (Å²) in [5.74, 6) is 0. The van der Waals surface area contributed by atoms with Gasteiger partial charge in [-0.2, -0.15) is 13.2 Å². The smallest absolute Gasteiger partial charge is 0.383 e. The topological polar surface area (TPSA) is 20.3 Å². The number of carbonyl (C=O) groups excluding carboxylic acids is 1. The van der Waals surface area contributed by atoms with E-state index in [1.807, 2.05) is 0 Å². The highest BCUT2D eigenvalue weighted by molar-refractivity contribution is 6.07. The molecule has 1 rings (SSSR count). The molecule has 5 heteroatoms. The average Bonchev–Trinajstić information content (AvgIpc) is 2.24. The molecule has 1 aromatic rings. The van der Waals surface area contributed by atoms with Crippen LogP contribution in [0.4, 0.5) is 13.2 Å². The average molecular weight is 243 g/mol. The van der Waals surface area contributed by atoms with Gasteiger partial charge in [0.05, 0.1) is 5.56 Å². The van der Waals surface area contributed by atoms with Gasteiger partial charge in [-0.3, -0.25) is 4.79 Å². The second-order valence-corrected chi connectivity index (χ2v) is 3.71. The monoisotopic (exact) mass is 243 g/mol. The van der Waals surface area contributed by atoms with Crippen LogP contribution in [0.3, 0.4) is 0 Å². The van der Waals surface area contributed by atoms with Gasteiger partial charge in [-0.25, -0.2) is 0 Å². The maximum Gasteiger partial charge on any atom is 0.417 e. The van der Waals surface area contributed by atoms with Crippen LogP contribution in [0, 0.1) is 0 Å². The van der Waals surface area contributed by atoms with Crippen molar-refractivity contribution >= 4 is 11.9 Å². The molecule has 0 atom stereocenters. The number of alkyl halides is 3. The maximum absolute atomic E-state index is 12.7. The van der Waals surface area contributed by atoms with E-state index < -0.39 is 11.7 Å². The van der Waals surface area contributed by atoms with Crippen molar-refractivity contribution in [3.8, 4) is 0 Å². The van der Waals surface area contributed by atoms with Crippen molar-refractivity contribution < 1.29 is 18.0 Å². The van der Waals surface area contributed by atoms with Crippen molar-refractivity contribution in [2.45, 2.75) is 6.18 Å². The second-order valence-electron chi connectivity index (χ2n) is 3.71. The molecule has 17 heavy (non-hydrogen) atoms. The summed E-state index contributed by atoms with van der Waals surface area (Å²) in [5.41, 5.74) is -0.910. The Morgan fingerprint density at radius 3 is 2.29 bits per heavy atom. The summed E-state index contributed by atoms with van der Waals surface area (Å²) >= 11 is 0. The number of halogens is 3. The minimum absolute atomic E-state index is 0.00271. The van der Waals surface area contributed by atoms with Crippen molar-refractivity contribution in [2.75, 3.05) is 14.1 Å². The van der Waals surface area contributed by atoms with E-state index in [4.69, 9.17) is 0 Å². The fraction of sp³-hybridized carbons (Fsp3) is 0.250. The predicted molar refractivity (Wildman–Crippen MR) is 59.2 cm³/mol. The number of hydrogen-bond acceptors (Lipinski definition) is 2. The van der Waals surface area contributed by atoms with Crippen LogP contribution in [0.2, 0.25) is 0 Å². The number of benzene rings is 1. The molecule has 0 heterocycles. The highest BCUT2D eigenvalue weighted by atomic mass is 19.4. The maximum atomic E-state index is 12.7. The van der Waals surface area contributed by atoms with Crippen LogP contribution in [0.15, 0.2) is 30.5 Å². The fourth-order valence-electron chi connectivity index (χ4n) is 1.42. The van der Waals surface area contributed by atoms with Crippen LogP contribution < -0.4 is 0 Å². The largest absolute Gasteiger partial charge is 0.417 e. The normalized spacial score (nSPS) is 12.4. The minimum atomic E-state index is -4.47. The van der Waals surface area contributed by atoms with Gasteiger partial charge in [0.2, 0.25) is 0 Å². The Balaban J connectivity index is 3.35. The zero-order valence-corrected chi connectivity index (χ0v) is 9.45. The van der Waals surface area contributed by atoms with Gasteiger partial charge in [-0.15, -0.1) is 0 Å². The molecule has 0 radical (unpaired) electrons. The van der Waals surface area contributed by atoms with E-state index in [-0.39, 0.29) is 11.1 Å². The van der Waals surface area contributed by atoms with E-state index >= 15 is 0 Å². The molecular weight excluding hydrogens is 231 g/mol. The third-order valence-electron chi connectivity index (χ3n) is 2.07. The second kappa shape index (κ2) is 5.03. The molecule has 0 amide bonds. The number of allylic oxidation sites excluding steroid dienone is 1. The summed E-state index contributed by atoms with van der Waals surface area (Å²) in [6.45, 7) is 0. The van der Waals surface area contributed by atoms with E-state index in [0.29, 0.717) is 6.29 Å². The lowest BCUT2D eigenvalue weighted by atomic mass is 10.0. The van der Waals surface area contributed by atoms with Gasteiger partial charge in [0.15, 0.2) is 6.29 Å². The zero-order chi connectivity index (χ0) is 13.1. The first-order valence-electron chi connectivity index (χ1n) is 4.86. The molecule has 0 aliphatic carbocycles. The van der Waals surface area contributed by atoms with E-state index in [1.165, 1.54) is 29.3 Å². The molecule has 0 aliphatic rings. The molecule has 0 aromatic heterocycles. The summed E-state index contributed by atoms with van der Waals surface area (Å²) < 4.78 is 38.2. The van der Waals surface area contributed by atoms with E-state index in [9.17, 15) is 18.0 Å². The molecule has 0 N–H and O–H groups in total. The van der Waals surface area contributed by atoms with Gasteiger partial charge in [-0.1, -0.05) is 18.2 Å². The van der Waals surface area contributed by atoms with Crippen molar-refractivity contribution in [2.24, 2.45) is 0 Å². The third-order valence-corrected chi connectivity index (χ3v) is 2.07. The number of hydrogen-bond donors (Lipinski definition) is 0. The van der Waals surface area contributed by atoms with Crippen molar-refractivity contribution in [3.63, 3.8) is 0 Å². The molecule has 0 unspecified atom stereocenters. The van der Waals surface area contributed by atoms with Gasteiger partial charge >= 0.3 is 6.18 Å². The van der Waals surface area contributed by atoms with Crippen LogP contribution in [-0.2, 0) is 11.0 Å². The first-order chi connectivity index (χ1) is 7.86. The van der Waals surface area contributed by atoms with Gasteiger partial charge in [0.1, 0.15) is 0 Å². The van der Waals surface area contributed by atoms with Crippen LogP contribution in [-0.4, -0.2) is 25.3 Å². The quantitative estimate of drug-likeness (QED) is 0.601. The first-order valence-corrected chi connectivity index (χ1v) is 4.86. The highest BCUT2D eigenvalue weighted by Crippen LogP contribution is 2.34. The Kier molecular flexibility index (Phi) is 3.93. The Morgan fingerprint density at radius 2 is 1.82 bits per heavy atom. The SMILES string of the molecule is CN(C)/C=C(/C=O)c1ccccc1C(F)(F)F. The summed E-state index contributed by atoms with van der Waals surface area (Å²) in [4.78, 5) is 12.4. The lowest BCUT2D eigenvalue weighted by Crippen LogP contribution is -2.10. The first kappa shape index (κ1) is 13.3. The Labute approximate surface area is 97.3 Å². The number of carbonyl (C=O) groups is 1. The Bertz CT molecular complexity index is 436. The van der Waals surface area contributed by atoms with E-state index in [2.05, 4.69) is 0 Å². The third kappa shape index (κ3) is 3.34. The minimum Gasteiger partial charge on any atom is -0.383 e. The van der Waals surface area contributed by atoms with Crippen LogP contribution in [0.1, 0.15) is 11.1 Å². The summed E-state index contributed by atoms with van der Waals surface area (Å²) in [7, 11) is 3.28. The number of rotatable bonds is 3. The summed E-state index contributed by atoms with van der Waals surface area (Å²) in [6, 6.07) is 5.01. The Morgan fingerprint density at radius 1 is 1.24 bits per heavy atom. The Hall–Kier alpha value is -1.78. The molecule has 0 saturated carbocycles. The molecule has 0 spiro atoms. The fourth-order valence-corrected chi connectivity index (χ4v) is 1.42. The number of nitrogens with zero attached hydrogens (tertiary/aromatic N) is 1. The van der Waals surface area contributed by atoms with Crippen LogP contribution in [0.25, 0.3) is 5.57 Å². The van der Waals surface area contributed by atoms with Crippen molar-refractivity contribution in [1.82, 2.24) is 4.90 Å². The molecule has 0 aliphatic heterocycles. The lowest BCUT2D eigenvalue weighted by Gasteiger charge is -2.14.